The number of amides is 2. The Morgan fingerprint density at radius 3 is 2.72 bits per heavy atom. The van der Waals surface area contributed by atoms with Crippen molar-refractivity contribution in [1.29, 1.82) is 0 Å². The van der Waals surface area contributed by atoms with E-state index in [1.165, 1.54) is 5.56 Å². The second-order valence-corrected chi connectivity index (χ2v) is 6.69. The van der Waals surface area contributed by atoms with Crippen LogP contribution in [0.5, 0.6) is 5.75 Å². The highest BCUT2D eigenvalue weighted by atomic mass is 16.5. The van der Waals surface area contributed by atoms with Crippen molar-refractivity contribution in [3.05, 3.63) is 29.8 Å². The lowest BCUT2D eigenvalue weighted by Crippen LogP contribution is -2.42. The smallest absolute Gasteiger partial charge is 0.234 e. The Labute approximate surface area is 150 Å². The summed E-state index contributed by atoms with van der Waals surface area (Å²) < 4.78 is 5.16. The predicted molar refractivity (Wildman–Crippen MR) is 97.3 cm³/mol. The Balaban J connectivity index is 1.74. The van der Waals surface area contributed by atoms with Crippen LogP contribution in [0, 0.1) is 5.92 Å². The molecule has 25 heavy (non-hydrogen) atoms. The zero-order valence-electron chi connectivity index (χ0n) is 15.5. The van der Waals surface area contributed by atoms with Gasteiger partial charge in [-0.3, -0.25) is 9.59 Å². The van der Waals surface area contributed by atoms with E-state index < -0.39 is 5.92 Å². The molecule has 0 spiro atoms. The third kappa shape index (κ3) is 5.74. The molecule has 6 nitrogen and oxygen atoms in total. The van der Waals surface area contributed by atoms with E-state index in [-0.39, 0.29) is 11.8 Å². The first kappa shape index (κ1) is 19.2. The predicted octanol–water partition coefficient (Wildman–Crippen LogP) is 1.50. The summed E-state index contributed by atoms with van der Waals surface area (Å²) in [7, 11) is 5.44. The molecule has 6 heteroatoms. The van der Waals surface area contributed by atoms with Crippen LogP contribution in [0.2, 0.25) is 0 Å². The van der Waals surface area contributed by atoms with E-state index in [0.29, 0.717) is 13.0 Å². The summed E-state index contributed by atoms with van der Waals surface area (Å²) in [5.41, 5.74) is 1.19. The van der Waals surface area contributed by atoms with Crippen LogP contribution in [0.3, 0.4) is 0 Å². The summed E-state index contributed by atoms with van der Waals surface area (Å²) in [4.78, 5) is 28.4. The zero-order valence-corrected chi connectivity index (χ0v) is 15.5. The van der Waals surface area contributed by atoms with Crippen molar-refractivity contribution in [3.8, 4) is 5.75 Å². The normalized spacial score (nSPS) is 18.2. The molecule has 1 atom stereocenters. The molecule has 0 saturated carbocycles. The first-order valence-corrected chi connectivity index (χ1v) is 8.85. The molecule has 1 fully saturated rings. The molecule has 1 aliphatic rings. The van der Waals surface area contributed by atoms with E-state index in [2.05, 4.69) is 10.2 Å². The van der Waals surface area contributed by atoms with Crippen molar-refractivity contribution >= 4 is 11.8 Å². The Kier molecular flexibility index (Phi) is 7.25. The molecule has 1 heterocycles. The molecular weight excluding hydrogens is 318 g/mol. The van der Waals surface area contributed by atoms with Crippen molar-refractivity contribution in [2.75, 3.05) is 40.8 Å². The van der Waals surface area contributed by atoms with Crippen LogP contribution < -0.4 is 10.1 Å². The summed E-state index contributed by atoms with van der Waals surface area (Å²) in [5, 5.41) is 2.92. The van der Waals surface area contributed by atoms with Gasteiger partial charge in [-0.05, 0) is 37.6 Å². The van der Waals surface area contributed by atoms with E-state index in [4.69, 9.17) is 4.74 Å². The van der Waals surface area contributed by atoms with Crippen LogP contribution in [-0.2, 0) is 16.1 Å². The van der Waals surface area contributed by atoms with Gasteiger partial charge < -0.3 is 19.9 Å². The second kappa shape index (κ2) is 9.42. The highest BCUT2D eigenvalue weighted by Gasteiger charge is 2.30. The molecule has 1 aromatic carbocycles. The average molecular weight is 347 g/mol. The molecule has 1 aliphatic heterocycles. The number of methoxy groups -OCH3 is 1. The SMILES string of the molecule is COc1ccc(CN(C)CCNC(=O)C2CCCCN(C)C2=O)cc1. The van der Waals surface area contributed by atoms with Gasteiger partial charge in [-0.25, -0.2) is 0 Å². The minimum absolute atomic E-state index is 0.0541. The summed E-state index contributed by atoms with van der Waals surface area (Å²) >= 11 is 0. The fraction of sp³-hybridized carbons (Fsp3) is 0.579. The molecule has 1 aromatic rings. The maximum atomic E-state index is 12.3. The number of ether oxygens (including phenoxy) is 1. The van der Waals surface area contributed by atoms with Crippen LogP contribution in [0.15, 0.2) is 24.3 Å². The Morgan fingerprint density at radius 2 is 2.04 bits per heavy atom. The van der Waals surface area contributed by atoms with Crippen LogP contribution in [0.4, 0.5) is 0 Å². The lowest BCUT2D eigenvalue weighted by atomic mass is 10.0. The second-order valence-electron chi connectivity index (χ2n) is 6.69. The fourth-order valence-corrected chi connectivity index (χ4v) is 3.06. The topological polar surface area (TPSA) is 61.9 Å². The number of carbonyl (C=O) groups excluding carboxylic acids is 2. The minimum Gasteiger partial charge on any atom is -0.497 e. The number of likely N-dealkylation sites (N-methyl/N-ethyl adjacent to an activating group) is 1. The zero-order chi connectivity index (χ0) is 18.2. The molecule has 0 aromatic heterocycles. The maximum Gasteiger partial charge on any atom is 0.234 e. The third-order valence-corrected chi connectivity index (χ3v) is 4.63. The van der Waals surface area contributed by atoms with Gasteiger partial charge in [0.2, 0.25) is 11.8 Å². The molecule has 2 amide bonds. The number of nitrogens with one attached hydrogen (secondary N) is 1. The summed E-state index contributed by atoms with van der Waals surface area (Å²) in [5.74, 6) is 0.120. The van der Waals surface area contributed by atoms with Crippen molar-refractivity contribution in [1.82, 2.24) is 15.1 Å². The average Bonchev–Trinajstić information content (AvgIpc) is 2.77. The molecule has 1 N–H and O–H groups in total. The van der Waals surface area contributed by atoms with E-state index in [9.17, 15) is 9.59 Å². The lowest BCUT2D eigenvalue weighted by Gasteiger charge is -2.21. The van der Waals surface area contributed by atoms with Gasteiger partial charge in [-0.1, -0.05) is 18.6 Å². The van der Waals surface area contributed by atoms with Crippen LogP contribution in [-0.4, -0.2) is 62.5 Å². The van der Waals surface area contributed by atoms with Crippen molar-refractivity contribution in [2.24, 2.45) is 5.92 Å². The van der Waals surface area contributed by atoms with Gasteiger partial charge >= 0.3 is 0 Å². The first-order chi connectivity index (χ1) is 12.0. The lowest BCUT2D eigenvalue weighted by molar-refractivity contribution is -0.140. The number of benzene rings is 1. The quantitative estimate of drug-likeness (QED) is 0.760. The molecule has 0 bridgehead atoms. The van der Waals surface area contributed by atoms with Crippen molar-refractivity contribution < 1.29 is 14.3 Å². The molecule has 0 aliphatic carbocycles. The number of hydrogen-bond acceptors (Lipinski definition) is 4. The van der Waals surface area contributed by atoms with Gasteiger partial charge in [-0.2, -0.15) is 0 Å². The van der Waals surface area contributed by atoms with Gasteiger partial charge in [0.15, 0.2) is 0 Å². The summed E-state index contributed by atoms with van der Waals surface area (Å²) in [6.07, 6.45) is 2.54. The van der Waals surface area contributed by atoms with Crippen LogP contribution in [0.25, 0.3) is 0 Å². The largest absolute Gasteiger partial charge is 0.497 e. The fourth-order valence-electron chi connectivity index (χ4n) is 3.06. The highest BCUT2D eigenvalue weighted by Crippen LogP contribution is 2.17. The Bertz CT molecular complexity index is 574. The molecule has 0 radical (unpaired) electrons. The van der Waals surface area contributed by atoms with E-state index in [0.717, 1.165) is 38.2 Å². The van der Waals surface area contributed by atoms with E-state index in [1.807, 2.05) is 31.3 Å². The minimum atomic E-state index is -0.528. The molecule has 1 saturated heterocycles. The van der Waals surface area contributed by atoms with Crippen molar-refractivity contribution in [3.63, 3.8) is 0 Å². The molecule has 1 unspecified atom stereocenters. The van der Waals surface area contributed by atoms with Gasteiger partial charge in [0.1, 0.15) is 11.7 Å². The number of nitrogens with zero attached hydrogens (tertiary/aromatic N) is 2. The summed E-state index contributed by atoms with van der Waals surface area (Å²) in [6.45, 7) is 2.81. The number of carbonyl (C=O) groups is 2. The maximum absolute atomic E-state index is 12.3. The molecular formula is C19H29N3O3. The van der Waals surface area contributed by atoms with E-state index >= 15 is 0 Å². The highest BCUT2D eigenvalue weighted by molar-refractivity contribution is 6.00. The van der Waals surface area contributed by atoms with Gasteiger partial charge in [0.05, 0.1) is 7.11 Å². The van der Waals surface area contributed by atoms with Gasteiger partial charge in [0.25, 0.3) is 0 Å². The Hall–Kier alpha value is -2.08. The standard InChI is InChI=1S/C19H29N3O3/c1-21(14-15-7-9-16(25-3)10-8-15)13-11-20-18(23)17-6-4-5-12-22(2)19(17)24/h7-10,17H,4-6,11-14H2,1-3H3,(H,20,23). The summed E-state index contributed by atoms with van der Waals surface area (Å²) in [6, 6.07) is 7.96. The molecule has 2 rings (SSSR count). The van der Waals surface area contributed by atoms with Crippen molar-refractivity contribution in [2.45, 2.75) is 25.8 Å². The van der Waals surface area contributed by atoms with Gasteiger partial charge in [-0.15, -0.1) is 0 Å². The molecule has 138 valence electrons. The third-order valence-electron chi connectivity index (χ3n) is 4.63. The first-order valence-electron chi connectivity index (χ1n) is 8.85. The van der Waals surface area contributed by atoms with Crippen LogP contribution >= 0.6 is 0 Å². The van der Waals surface area contributed by atoms with Crippen LogP contribution in [0.1, 0.15) is 24.8 Å². The Morgan fingerprint density at radius 1 is 1.32 bits per heavy atom. The van der Waals surface area contributed by atoms with Gasteiger partial charge in [0, 0.05) is 33.2 Å². The number of rotatable bonds is 7. The monoisotopic (exact) mass is 347 g/mol. The number of likely N-dealkylation sites (tertiary alicyclic amines) is 1. The van der Waals surface area contributed by atoms with E-state index in [1.54, 1.807) is 19.1 Å². The number of hydrogen-bond donors (Lipinski definition) is 1.